The molecule has 0 aliphatic heterocycles. The maximum Gasteiger partial charge on any atom is 0.419 e. The first-order valence-electron chi connectivity index (χ1n) is 5.85. The fraction of sp³-hybridized carbons (Fsp3) is 0.538. The van der Waals surface area contributed by atoms with Gasteiger partial charge in [-0.15, -0.1) is 0 Å². The summed E-state index contributed by atoms with van der Waals surface area (Å²) in [5, 5.41) is 10.3. The fourth-order valence-electron chi connectivity index (χ4n) is 2.47. The second-order valence-electron chi connectivity index (χ2n) is 4.65. The Bertz CT molecular complexity index is 434. The molecule has 1 N–H and O–H groups in total. The number of hydrogen-bond acceptors (Lipinski definition) is 2. The first-order chi connectivity index (χ1) is 8.37. The van der Waals surface area contributed by atoms with E-state index >= 15 is 0 Å². The van der Waals surface area contributed by atoms with Crippen LogP contribution in [0.5, 0.6) is 5.75 Å². The minimum absolute atomic E-state index is 0.215. The van der Waals surface area contributed by atoms with Gasteiger partial charge in [0, 0.05) is 0 Å². The molecular formula is C13H15F3O2. The maximum atomic E-state index is 12.9. The zero-order valence-electron chi connectivity index (χ0n) is 10.0. The smallest absolute Gasteiger partial charge is 0.419 e. The average molecular weight is 260 g/mol. The molecule has 0 unspecified atom stereocenters. The Morgan fingerprint density at radius 2 is 1.83 bits per heavy atom. The minimum atomic E-state index is -4.48. The maximum absolute atomic E-state index is 12.9. The van der Waals surface area contributed by atoms with Crippen molar-refractivity contribution < 1.29 is 23.0 Å². The third kappa shape index (κ3) is 2.32. The number of aliphatic hydroxyl groups is 1. The van der Waals surface area contributed by atoms with Crippen molar-refractivity contribution in [2.45, 2.75) is 37.5 Å². The zero-order valence-corrected chi connectivity index (χ0v) is 10.0. The van der Waals surface area contributed by atoms with Crippen molar-refractivity contribution in [3.8, 4) is 5.75 Å². The van der Waals surface area contributed by atoms with E-state index in [1.807, 2.05) is 0 Å². The highest BCUT2D eigenvalue weighted by atomic mass is 19.4. The molecule has 1 saturated carbocycles. The van der Waals surface area contributed by atoms with Crippen molar-refractivity contribution >= 4 is 0 Å². The van der Waals surface area contributed by atoms with Crippen LogP contribution in [0.3, 0.4) is 0 Å². The summed E-state index contributed by atoms with van der Waals surface area (Å²) in [7, 11) is 1.20. The molecule has 0 spiro atoms. The molecule has 18 heavy (non-hydrogen) atoms. The molecule has 5 heteroatoms. The van der Waals surface area contributed by atoms with Crippen molar-refractivity contribution in [2.75, 3.05) is 7.11 Å². The van der Waals surface area contributed by atoms with Crippen LogP contribution in [0, 0.1) is 0 Å². The summed E-state index contributed by atoms with van der Waals surface area (Å²) in [6.45, 7) is 0. The molecule has 0 atom stereocenters. The van der Waals surface area contributed by atoms with E-state index in [1.165, 1.54) is 19.2 Å². The predicted molar refractivity (Wildman–Crippen MR) is 60.4 cm³/mol. The van der Waals surface area contributed by atoms with Crippen molar-refractivity contribution in [2.24, 2.45) is 0 Å². The lowest BCUT2D eigenvalue weighted by molar-refractivity contribution is -0.138. The van der Waals surface area contributed by atoms with Crippen LogP contribution in [0.4, 0.5) is 13.2 Å². The molecule has 0 amide bonds. The van der Waals surface area contributed by atoms with E-state index in [0.717, 1.165) is 18.9 Å². The number of methoxy groups -OCH3 is 1. The van der Waals surface area contributed by atoms with Gasteiger partial charge in [-0.05, 0) is 30.5 Å². The van der Waals surface area contributed by atoms with Gasteiger partial charge in [-0.25, -0.2) is 0 Å². The summed E-state index contributed by atoms with van der Waals surface area (Å²) < 4.78 is 43.3. The molecule has 2 rings (SSSR count). The van der Waals surface area contributed by atoms with Gasteiger partial charge in [0.15, 0.2) is 0 Å². The van der Waals surface area contributed by atoms with Gasteiger partial charge < -0.3 is 9.84 Å². The normalized spacial score (nSPS) is 18.9. The molecule has 1 aromatic carbocycles. The van der Waals surface area contributed by atoms with Crippen molar-refractivity contribution in [3.63, 3.8) is 0 Å². The number of hydrogen-bond donors (Lipinski definition) is 1. The van der Waals surface area contributed by atoms with Gasteiger partial charge >= 0.3 is 6.18 Å². The van der Waals surface area contributed by atoms with Gasteiger partial charge in [0.1, 0.15) is 5.75 Å². The summed E-state index contributed by atoms with van der Waals surface area (Å²) in [6, 6.07) is 3.79. The molecule has 0 heterocycles. The van der Waals surface area contributed by atoms with Crippen molar-refractivity contribution in [1.82, 2.24) is 0 Å². The van der Waals surface area contributed by atoms with Crippen LogP contribution in [-0.4, -0.2) is 12.2 Å². The summed E-state index contributed by atoms with van der Waals surface area (Å²) in [6.07, 6.45) is -1.78. The Kier molecular flexibility index (Phi) is 3.27. The van der Waals surface area contributed by atoms with E-state index in [-0.39, 0.29) is 5.75 Å². The summed E-state index contributed by atoms with van der Waals surface area (Å²) in [5.41, 5.74) is -1.62. The summed E-state index contributed by atoms with van der Waals surface area (Å²) >= 11 is 0. The van der Waals surface area contributed by atoms with Crippen LogP contribution < -0.4 is 4.74 Å². The Hall–Kier alpha value is -1.23. The topological polar surface area (TPSA) is 29.5 Å². The third-order valence-corrected chi connectivity index (χ3v) is 3.47. The number of alkyl halides is 3. The second kappa shape index (κ2) is 4.46. The van der Waals surface area contributed by atoms with E-state index in [1.54, 1.807) is 0 Å². The molecule has 1 aliphatic rings. The summed E-state index contributed by atoms with van der Waals surface area (Å²) in [5.74, 6) is -0.215. The summed E-state index contributed by atoms with van der Waals surface area (Å²) in [4.78, 5) is 0. The Morgan fingerprint density at radius 1 is 1.22 bits per heavy atom. The van der Waals surface area contributed by atoms with Crippen molar-refractivity contribution in [1.29, 1.82) is 0 Å². The number of rotatable bonds is 2. The van der Waals surface area contributed by atoms with E-state index in [4.69, 9.17) is 4.74 Å². The van der Waals surface area contributed by atoms with Gasteiger partial charge in [0.05, 0.1) is 18.3 Å². The van der Waals surface area contributed by atoms with E-state index in [2.05, 4.69) is 0 Å². The van der Waals surface area contributed by atoms with Gasteiger partial charge in [0.25, 0.3) is 0 Å². The van der Waals surface area contributed by atoms with Gasteiger partial charge in [-0.3, -0.25) is 0 Å². The standard InChI is InChI=1S/C13H15F3O2/c1-18-11-5-4-9(8-10(11)13(14,15)16)12(17)6-2-3-7-12/h4-5,8,17H,2-3,6-7H2,1H3. The first-order valence-corrected chi connectivity index (χ1v) is 5.85. The highest BCUT2D eigenvalue weighted by Gasteiger charge is 2.38. The molecule has 0 bridgehead atoms. The van der Waals surface area contributed by atoms with E-state index in [0.29, 0.717) is 18.4 Å². The highest BCUT2D eigenvalue weighted by Crippen LogP contribution is 2.43. The van der Waals surface area contributed by atoms with Crippen LogP contribution in [0.1, 0.15) is 36.8 Å². The SMILES string of the molecule is COc1ccc(C2(O)CCCC2)cc1C(F)(F)F. The lowest BCUT2D eigenvalue weighted by atomic mass is 9.90. The third-order valence-electron chi connectivity index (χ3n) is 3.47. The van der Waals surface area contributed by atoms with Gasteiger partial charge in [-0.1, -0.05) is 18.9 Å². The predicted octanol–water partition coefficient (Wildman–Crippen LogP) is 3.48. The monoisotopic (exact) mass is 260 g/mol. The van der Waals surface area contributed by atoms with E-state index < -0.39 is 17.3 Å². The fourth-order valence-corrected chi connectivity index (χ4v) is 2.47. The lowest BCUT2D eigenvalue weighted by Gasteiger charge is -2.24. The van der Waals surface area contributed by atoms with Crippen molar-refractivity contribution in [3.05, 3.63) is 29.3 Å². The van der Waals surface area contributed by atoms with Crippen LogP contribution in [-0.2, 0) is 11.8 Å². The lowest BCUT2D eigenvalue weighted by Crippen LogP contribution is -2.22. The minimum Gasteiger partial charge on any atom is -0.496 e. The molecule has 0 radical (unpaired) electrons. The second-order valence-corrected chi connectivity index (χ2v) is 4.65. The molecule has 2 nitrogen and oxygen atoms in total. The Labute approximate surface area is 103 Å². The molecule has 1 aliphatic carbocycles. The number of benzene rings is 1. The molecular weight excluding hydrogens is 245 g/mol. The van der Waals surface area contributed by atoms with Crippen LogP contribution in [0.2, 0.25) is 0 Å². The average Bonchev–Trinajstić information content (AvgIpc) is 2.75. The molecule has 1 fully saturated rings. The highest BCUT2D eigenvalue weighted by molar-refractivity contribution is 5.41. The Balaban J connectivity index is 2.46. The molecule has 1 aromatic rings. The van der Waals surface area contributed by atoms with Crippen LogP contribution in [0.25, 0.3) is 0 Å². The largest absolute Gasteiger partial charge is 0.496 e. The van der Waals surface area contributed by atoms with Crippen LogP contribution >= 0.6 is 0 Å². The van der Waals surface area contributed by atoms with Gasteiger partial charge in [0.2, 0.25) is 0 Å². The zero-order chi connectivity index (χ0) is 13.4. The van der Waals surface area contributed by atoms with E-state index in [9.17, 15) is 18.3 Å². The Morgan fingerprint density at radius 3 is 2.33 bits per heavy atom. The van der Waals surface area contributed by atoms with Crippen LogP contribution in [0.15, 0.2) is 18.2 Å². The number of ether oxygens (including phenoxy) is 1. The molecule has 0 saturated heterocycles. The van der Waals surface area contributed by atoms with Gasteiger partial charge in [-0.2, -0.15) is 13.2 Å². The quantitative estimate of drug-likeness (QED) is 0.882. The molecule has 0 aromatic heterocycles. The number of halogens is 3. The first kappa shape index (κ1) is 13.2. The molecule has 100 valence electrons.